The van der Waals surface area contributed by atoms with Crippen molar-refractivity contribution >= 4 is 56.4 Å². The average molecular weight is 369 g/mol. The molecule has 0 saturated carbocycles. The van der Waals surface area contributed by atoms with Crippen LogP contribution in [0.2, 0.25) is 10.0 Å². The van der Waals surface area contributed by atoms with Gasteiger partial charge in [-0.05, 0) is 12.1 Å². The smallest absolute Gasteiger partial charge is 0.322 e. The molecule has 8 heteroatoms. The van der Waals surface area contributed by atoms with Crippen molar-refractivity contribution in [3.8, 4) is 10.9 Å². The molecule has 0 radical (unpaired) electrons. The molecule has 0 bridgehead atoms. The first kappa shape index (κ1) is 15.9. The number of rotatable bonds is 5. The van der Waals surface area contributed by atoms with E-state index >= 15 is 0 Å². The Morgan fingerprint density at radius 3 is 2.61 bits per heavy atom. The van der Waals surface area contributed by atoms with Gasteiger partial charge in [0.25, 0.3) is 5.19 Å². The monoisotopic (exact) mass is 368 g/mol. The molecule has 0 fully saturated rings. The molecule has 0 aliphatic carbocycles. The van der Waals surface area contributed by atoms with Crippen LogP contribution in [0.25, 0.3) is 10.2 Å². The highest BCUT2D eigenvalue weighted by atomic mass is 35.5. The van der Waals surface area contributed by atoms with Crippen molar-refractivity contribution in [1.82, 2.24) is 4.98 Å². The SMILES string of the molecule is O=C(O)CNc1c(Cl)cc(Oc2nc3ccccc3s2)cc1Cl. The summed E-state index contributed by atoms with van der Waals surface area (Å²) in [4.78, 5) is 15.0. The number of carbonyl (C=O) groups is 1. The molecule has 0 aliphatic rings. The highest BCUT2D eigenvalue weighted by Crippen LogP contribution is 2.38. The minimum atomic E-state index is -1.01. The second kappa shape index (κ2) is 6.62. The standard InChI is InChI=1S/C15H10Cl2N2O3S/c16-9-5-8(6-10(17)14(9)18-7-13(20)21)22-15-19-11-3-1-2-4-12(11)23-15/h1-6,18H,7H2,(H,20,21). The molecule has 0 atom stereocenters. The summed E-state index contributed by atoms with van der Waals surface area (Å²) in [6.07, 6.45) is 0. The molecular weight excluding hydrogens is 359 g/mol. The lowest BCUT2D eigenvalue weighted by molar-refractivity contribution is -0.134. The van der Waals surface area contributed by atoms with Crippen LogP contribution in [0.3, 0.4) is 0 Å². The molecule has 0 saturated heterocycles. The van der Waals surface area contributed by atoms with E-state index in [0.29, 0.717) is 16.6 Å². The molecule has 2 aromatic carbocycles. The van der Waals surface area contributed by atoms with Crippen LogP contribution >= 0.6 is 34.5 Å². The summed E-state index contributed by atoms with van der Waals surface area (Å²) < 4.78 is 6.71. The molecule has 2 N–H and O–H groups in total. The van der Waals surface area contributed by atoms with Crippen LogP contribution in [-0.4, -0.2) is 22.6 Å². The van der Waals surface area contributed by atoms with E-state index in [1.54, 1.807) is 12.1 Å². The fraction of sp³-hybridized carbons (Fsp3) is 0.0667. The lowest BCUT2D eigenvalue weighted by Gasteiger charge is -2.10. The van der Waals surface area contributed by atoms with Gasteiger partial charge in [0.15, 0.2) is 0 Å². The number of aliphatic carboxylic acids is 1. The third-order valence-corrected chi connectivity index (χ3v) is 4.42. The van der Waals surface area contributed by atoms with Gasteiger partial charge in [-0.3, -0.25) is 4.79 Å². The van der Waals surface area contributed by atoms with Gasteiger partial charge in [0.2, 0.25) is 0 Å². The number of thiazole rings is 1. The number of benzene rings is 2. The number of anilines is 1. The Kier molecular flexibility index (Phi) is 4.56. The van der Waals surface area contributed by atoms with Gasteiger partial charge in [-0.1, -0.05) is 46.7 Å². The van der Waals surface area contributed by atoms with E-state index < -0.39 is 5.97 Å². The number of carboxylic acids is 1. The van der Waals surface area contributed by atoms with Crippen LogP contribution in [-0.2, 0) is 4.79 Å². The zero-order valence-corrected chi connectivity index (χ0v) is 13.9. The predicted octanol–water partition coefficient (Wildman–Crippen LogP) is 4.89. The Balaban J connectivity index is 1.84. The molecule has 3 aromatic rings. The Bertz CT molecular complexity index is 826. The van der Waals surface area contributed by atoms with Gasteiger partial charge in [0.1, 0.15) is 12.3 Å². The number of aromatic nitrogens is 1. The molecule has 0 unspecified atom stereocenters. The first-order valence-electron chi connectivity index (χ1n) is 6.51. The van der Waals surface area contributed by atoms with Gasteiger partial charge in [0.05, 0.1) is 25.9 Å². The summed E-state index contributed by atoms with van der Waals surface area (Å²) in [6.45, 7) is -0.280. The van der Waals surface area contributed by atoms with Gasteiger partial charge in [-0.15, -0.1) is 0 Å². The van der Waals surface area contributed by atoms with Gasteiger partial charge in [0, 0.05) is 12.1 Å². The average Bonchev–Trinajstić information content (AvgIpc) is 2.88. The molecule has 118 valence electrons. The van der Waals surface area contributed by atoms with Crippen molar-refractivity contribution in [1.29, 1.82) is 0 Å². The third-order valence-electron chi connectivity index (χ3n) is 2.91. The van der Waals surface area contributed by atoms with Crippen molar-refractivity contribution in [2.45, 2.75) is 0 Å². The molecule has 1 heterocycles. The van der Waals surface area contributed by atoms with E-state index in [1.165, 1.54) is 11.3 Å². The molecule has 0 amide bonds. The van der Waals surface area contributed by atoms with E-state index in [-0.39, 0.29) is 16.6 Å². The third kappa shape index (κ3) is 3.67. The number of nitrogens with one attached hydrogen (secondary N) is 1. The lowest BCUT2D eigenvalue weighted by atomic mass is 10.3. The topological polar surface area (TPSA) is 71.5 Å². The van der Waals surface area contributed by atoms with Crippen molar-refractivity contribution in [3.05, 3.63) is 46.4 Å². The minimum absolute atomic E-state index is 0.273. The normalized spacial score (nSPS) is 10.7. The van der Waals surface area contributed by atoms with E-state index in [2.05, 4.69) is 10.3 Å². The fourth-order valence-electron chi connectivity index (χ4n) is 1.94. The Hall–Kier alpha value is -2.02. The first-order valence-corrected chi connectivity index (χ1v) is 8.08. The molecule has 3 rings (SSSR count). The second-order valence-corrected chi connectivity index (χ2v) is 6.37. The summed E-state index contributed by atoms with van der Waals surface area (Å²) in [5.74, 6) is -0.577. The zero-order valence-electron chi connectivity index (χ0n) is 11.5. The number of ether oxygens (including phenoxy) is 1. The van der Waals surface area contributed by atoms with Crippen LogP contribution < -0.4 is 10.1 Å². The molecule has 5 nitrogen and oxygen atoms in total. The maximum atomic E-state index is 10.6. The number of hydrogen-bond donors (Lipinski definition) is 2. The predicted molar refractivity (Wildman–Crippen MR) is 92.3 cm³/mol. The highest BCUT2D eigenvalue weighted by molar-refractivity contribution is 7.20. The number of halogens is 2. The maximum absolute atomic E-state index is 10.6. The minimum Gasteiger partial charge on any atom is -0.480 e. The number of nitrogens with zero attached hydrogens (tertiary/aromatic N) is 1. The van der Waals surface area contributed by atoms with Gasteiger partial charge in [-0.2, -0.15) is 0 Å². The molecule has 23 heavy (non-hydrogen) atoms. The zero-order chi connectivity index (χ0) is 16.4. The van der Waals surface area contributed by atoms with Gasteiger partial charge >= 0.3 is 5.97 Å². The first-order chi connectivity index (χ1) is 11.0. The molecular formula is C15H10Cl2N2O3S. The Morgan fingerprint density at radius 2 is 1.96 bits per heavy atom. The quantitative estimate of drug-likeness (QED) is 0.670. The summed E-state index contributed by atoms with van der Waals surface area (Å²) >= 11 is 13.7. The summed E-state index contributed by atoms with van der Waals surface area (Å²) in [7, 11) is 0. The summed E-state index contributed by atoms with van der Waals surface area (Å²) in [6, 6.07) is 10.8. The maximum Gasteiger partial charge on any atom is 0.322 e. The van der Waals surface area contributed by atoms with Gasteiger partial charge < -0.3 is 15.2 Å². The van der Waals surface area contributed by atoms with E-state index in [9.17, 15) is 4.79 Å². The van der Waals surface area contributed by atoms with Crippen LogP contribution in [0.15, 0.2) is 36.4 Å². The van der Waals surface area contributed by atoms with Crippen LogP contribution in [0.5, 0.6) is 10.9 Å². The van der Waals surface area contributed by atoms with Crippen molar-refractivity contribution in [2.75, 3.05) is 11.9 Å². The van der Waals surface area contributed by atoms with Crippen LogP contribution in [0.1, 0.15) is 0 Å². The second-order valence-electron chi connectivity index (χ2n) is 4.56. The largest absolute Gasteiger partial charge is 0.480 e. The number of para-hydroxylation sites is 1. The van der Waals surface area contributed by atoms with E-state index in [4.69, 9.17) is 33.0 Å². The van der Waals surface area contributed by atoms with Crippen molar-refractivity contribution in [3.63, 3.8) is 0 Å². The summed E-state index contributed by atoms with van der Waals surface area (Å²) in [5.41, 5.74) is 1.21. The van der Waals surface area contributed by atoms with Crippen molar-refractivity contribution in [2.24, 2.45) is 0 Å². The molecule has 0 aliphatic heterocycles. The highest BCUT2D eigenvalue weighted by Gasteiger charge is 2.12. The van der Waals surface area contributed by atoms with Gasteiger partial charge in [-0.25, -0.2) is 4.98 Å². The van der Waals surface area contributed by atoms with Crippen molar-refractivity contribution < 1.29 is 14.6 Å². The lowest BCUT2D eigenvalue weighted by Crippen LogP contribution is -2.12. The van der Waals surface area contributed by atoms with Crippen LogP contribution in [0, 0.1) is 0 Å². The van der Waals surface area contributed by atoms with E-state index in [0.717, 1.165) is 10.2 Å². The van der Waals surface area contributed by atoms with E-state index in [1.807, 2.05) is 24.3 Å². The Morgan fingerprint density at radius 1 is 1.26 bits per heavy atom. The molecule has 0 spiro atoms. The Labute approximate surface area is 145 Å². The summed E-state index contributed by atoms with van der Waals surface area (Å²) in [5, 5.41) is 12.4. The van der Waals surface area contributed by atoms with Crippen LogP contribution in [0.4, 0.5) is 5.69 Å². The number of fused-ring (bicyclic) bond motifs is 1. The molecule has 1 aromatic heterocycles. The number of carboxylic acid groups (broad SMARTS) is 1. The fourth-order valence-corrected chi connectivity index (χ4v) is 3.37. The number of hydrogen-bond acceptors (Lipinski definition) is 5.